The lowest BCUT2D eigenvalue weighted by molar-refractivity contribution is 0.101. The van der Waals surface area contributed by atoms with Crippen LogP contribution in [-0.2, 0) is 0 Å². The van der Waals surface area contributed by atoms with Crippen LogP contribution in [0.2, 0.25) is 5.02 Å². The maximum atomic E-state index is 14.5. The molecule has 1 heterocycles. The van der Waals surface area contributed by atoms with Gasteiger partial charge in [0.05, 0.1) is 10.6 Å². The number of amides is 2. The van der Waals surface area contributed by atoms with Crippen molar-refractivity contribution in [3.05, 3.63) is 100 Å². The molecule has 0 aliphatic rings. The van der Waals surface area contributed by atoms with E-state index in [1.807, 2.05) is 6.07 Å². The number of aromatic nitrogens is 1. The Bertz CT molecular complexity index is 1330. The van der Waals surface area contributed by atoms with Crippen molar-refractivity contribution in [2.75, 3.05) is 10.6 Å². The molecule has 4 rings (SSSR count). The number of nitrogens with zero attached hydrogens (tertiary/aromatic N) is 1. The molecular formula is C25H19ClFN3O3. The molecule has 0 unspecified atom stereocenters. The summed E-state index contributed by atoms with van der Waals surface area (Å²) in [5.74, 6) is -1.22. The van der Waals surface area contributed by atoms with Crippen molar-refractivity contribution >= 4 is 34.8 Å². The summed E-state index contributed by atoms with van der Waals surface area (Å²) in [6.45, 7) is 3.33. The van der Waals surface area contributed by atoms with Gasteiger partial charge in [-0.2, -0.15) is 0 Å². The van der Waals surface area contributed by atoms with Gasteiger partial charge in [0.1, 0.15) is 22.8 Å². The van der Waals surface area contributed by atoms with Crippen LogP contribution >= 0.6 is 11.6 Å². The summed E-state index contributed by atoms with van der Waals surface area (Å²) in [4.78, 5) is 25.7. The first-order valence-corrected chi connectivity index (χ1v) is 10.4. The van der Waals surface area contributed by atoms with E-state index in [-0.39, 0.29) is 33.5 Å². The minimum absolute atomic E-state index is 0.0123. The molecule has 166 valence electrons. The third-order valence-corrected chi connectivity index (χ3v) is 5.47. The highest BCUT2D eigenvalue weighted by Crippen LogP contribution is 2.34. The van der Waals surface area contributed by atoms with Crippen LogP contribution in [0, 0.1) is 19.7 Å². The fraction of sp³-hybridized carbons (Fsp3) is 0.0800. The molecule has 0 aliphatic heterocycles. The van der Waals surface area contributed by atoms with Gasteiger partial charge in [0, 0.05) is 16.9 Å². The summed E-state index contributed by atoms with van der Waals surface area (Å²) in [5.41, 5.74) is 2.24. The summed E-state index contributed by atoms with van der Waals surface area (Å²) in [6, 6.07) is 18.1. The van der Waals surface area contributed by atoms with Crippen LogP contribution in [0.15, 0.2) is 71.3 Å². The summed E-state index contributed by atoms with van der Waals surface area (Å²) in [5, 5.41) is 9.63. The van der Waals surface area contributed by atoms with E-state index in [9.17, 15) is 14.0 Å². The zero-order valence-corrected chi connectivity index (χ0v) is 18.5. The molecule has 0 atom stereocenters. The SMILES string of the molecule is Cc1onc(-c2c(F)cccc2Cl)c1C(=O)Nc1cccc(NC(=O)c2ccccc2)c1C. The van der Waals surface area contributed by atoms with Crippen LogP contribution in [0.5, 0.6) is 0 Å². The second-order valence-corrected chi connectivity index (χ2v) is 7.72. The van der Waals surface area contributed by atoms with E-state index in [1.54, 1.807) is 56.3 Å². The van der Waals surface area contributed by atoms with Crippen molar-refractivity contribution in [3.63, 3.8) is 0 Å². The van der Waals surface area contributed by atoms with Crippen molar-refractivity contribution in [1.29, 1.82) is 0 Å². The molecule has 0 radical (unpaired) electrons. The van der Waals surface area contributed by atoms with Crippen molar-refractivity contribution in [2.45, 2.75) is 13.8 Å². The fourth-order valence-electron chi connectivity index (χ4n) is 3.41. The van der Waals surface area contributed by atoms with Crippen molar-refractivity contribution < 1.29 is 18.5 Å². The first kappa shape index (κ1) is 22.2. The maximum Gasteiger partial charge on any atom is 0.261 e. The number of nitrogens with one attached hydrogen (secondary N) is 2. The quantitative estimate of drug-likeness (QED) is 0.366. The Kier molecular flexibility index (Phi) is 6.24. The number of rotatable bonds is 5. The van der Waals surface area contributed by atoms with E-state index in [4.69, 9.17) is 16.1 Å². The summed E-state index contributed by atoms with van der Waals surface area (Å²) in [7, 11) is 0. The molecule has 0 spiro atoms. The first-order chi connectivity index (χ1) is 15.9. The summed E-state index contributed by atoms with van der Waals surface area (Å²) >= 11 is 6.16. The molecular weight excluding hydrogens is 445 g/mol. The number of halogens is 2. The monoisotopic (exact) mass is 463 g/mol. The van der Waals surface area contributed by atoms with Crippen LogP contribution < -0.4 is 10.6 Å². The van der Waals surface area contributed by atoms with E-state index in [1.165, 1.54) is 18.2 Å². The second-order valence-electron chi connectivity index (χ2n) is 7.31. The lowest BCUT2D eigenvalue weighted by Crippen LogP contribution is -2.16. The zero-order valence-electron chi connectivity index (χ0n) is 17.8. The number of benzene rings is 3. The molecule has 6 nitrogen and oxygen atoms in total. The van der Waals surface area contributed by atoms with Gasteiger partial charge in [-0.15, -0.1) is 0 Å². The van der Waals surface area contributed by atoms with Gasteiger partial charge in [-0.05, 0) is 55.8 Å². The molecule has 0 saturated carbocycles. The first-order valence-electron chi connectivity index (χ1n) is 10.0. The zero-order chi connectivity index (χ0) is 23.5. The highest BCUT2D eigenvalue weighted by Gasteiger charge is 2.26. The van der Waals surface area contributed by atoms with Crippen molar-refractivity contribution in [3.8, 4) is 11.3 Å². The van der Waals surface area contributed by atoms with Gasteiger partial charge in [0.2, 0.25) is 0 Å². The predicted octanol–water partition coefficient (Wildman–Crippen LogP) is 6.26. The number of hydrogen-bond donors (Lipinski definition) is 2. The number of hydrogen-bond acceptors (Lipinski definition) is 4. The second kappa shape index (κ2) is 9.26. The number of carbonyl (C=O) groups excluding carboxylic acids is 2. The molecule has 33 heavy (non-hydrogen) atoms. The average Bonchev–Trinajstić information content (AvgIpc) is 3.18. The highest BCUT2D eigenvalue weighted by atomic mass is 35.5. The molecule has 0 fully saturated rings. The highest BCUT2D eigenvalue weighted by molar-refractivity contribution is 6.33. The van der Waals surface area contributed by atoms with Crippen LogP contribution in [-0.4, -0.2) is 17.0 Å². The molecule has 3 aromatic carbocycles. The molecule has 2 N–H and O–H groups in total. The minimum Gasteiger partial charge on any atom is -0.360 e. The average molecular weight is 464 g/mol. The Morgan fingerprint density at radius 2 is 1.52 bits per heavy atom. The Labute approximate surface area is 194 Å². The maximum absolute atomic E-state index is 14.5. The molecule has 2 amide bonds. The van der Waals surface area contributed by atoms with E-state index < -0.39 is 11.7 Å². The molecule has 1 aromatic heterocycles. The van der Waals surface area contributed by atoms with Crippen molar-refractivity contribution in [2.24, 2.45) is 0 Å². The Morgan fingerprint density at radius 3 is 2.18 bits per heavy atom. The van der Waals surface area contributed by atoms with E-state index >= 15 is 0 Å². The van der Waals surface area contributed by atoms with Gasteiger partial charge in [0.25, 0.3) is 11.8 Å². The topological polar surface area (TPSA) is 84.2 Å². The largest absolute Gasteiger partial charge is 0.360 e. The Morgan fingerprint density at radius 1 is 0.879 bits per heavy atom. The number of aryl methyl sites for hydroxylation is 1. The molecule has 4 aromatic rings. The summed E-state index contributed by atoms with van der Waals surface area (Å²) in [6.07, 6.45) is 0. The number of anilines is 2. The van der Waals surface area contributed by atoms with Crippen molar-refractivity contribution in [1.82, 2.24) is 5.16 Å². The lowest BCUT2D eigenvalue weighted by Gasteiger charge is -2.14. The minimum atomic E-state index is -0.619. The third kappa shape index (κ3) is 4.49. The van der Waals surface area contributed by atoms with E-state index in [2.05, 4.69) is 15.8 Å². The van der Waals surface area contributed by atoms with Crippen LogP contribution in [0.3, 0.4) is 0 Å². The fourth-order valence-corrected chi connectivity index (χ4v) is 3.66. The summed E-state index contributed by atoms with van der Waals surface area (Å²) < 4.78 is 19.6. The van der Waals surface area contributed by atoms with Crippen LogP contribution in [0.4, 0.5) is 15.8 Å². The predicted molar refractivity (Wildman–Crippen MR) is 125 cm³/mol. The van der Waals surface area contributed by atoms with Crippen LogP contribution in [0.25, 0.3) is 11.3 Å². The Balaban J connectivity index is 1.63. The number of carbonyl (C=O) groups is 2. The van der Waals surface area contributed by atoms with Gasteiger partial charge in [-0.25, -0.2) is 4.39 Å². The van der Waals surface area contributed by atoms with E-state index in [0.717, 1.165) is 0 Å². The standard InChI is InChI=1S/C25H19ClFN3O3/c1-14-19(28-24(31)16-8-4-3-5-9-16)12-7-13-20(14)29-25(32)21-15(2)33-30-23(21)22-17(26)10-6-11-18(22)27/h3-13H,1-2H3,(H,28,31)(H,29,32). The van der Waals surface area contributed by atoms with Crippen LogP contribution in [0.1, 0.15) is 32.0 Å². The molecule has 0 aliphatic carbocycles. The normalized spacial score (nSPS) is 10.7. The third-order valence-electron chi connectivity index (χ3n) is 5.16. The Hall–Kier alpha value is -3.97. The van der Waals surface area contributed by atoms with E-state index in [0.29, 0.717) is 22.5 Å². The van der Waals surface area contributed by atoms with Gasteiger partial charge < -0.3 is 15.2 Å². The molecule has 0 saturated heterocycles. The van der Waals surface area contributed by atoms with Gasteiger partial charge in [0.15, 0.2) is 0 Å². The molecule has 8 heteroatoms. The van der Waals surface area contributed by atoms with Gasteiger partial charge >= 0.3 is 0 Å². The molecule has 0 bridgehead atoms. The smallest absolute Gasteiger partial charge is 0.261 e. The van der Waals surface area contributed by atoms with Gasteiger partial charge in [-0.3, -0.25) is 9.59 Å². The van der Waals surface area contributed by atoms with Gasteiger partial charge in [-0.1, -0.05) is 47.1 Å². The lowest BCUT2D eigenvalue weighted by atomic mass is 10.0.